The fraction of sp³-hybridized carbons (Fsp3) is 0.750. The highest BCUT2D eigenvalue weighted by Crippen LogP contribution is 2.39. The van der Waals surface area contributed by atoms with Crippen molar-refractivity contribution in [1.29, 1.82) is 0 Å². The lowest BCUT2D eigenvalue weighted by Gasteiger charge is -2.32. The summed E-state index contributed by atoms with van der Waals surface area (Å²) in [6.07, 6.45) is 4.43. The van der Waals surface area contributed by atoms with Gasteiger partial charge in [0.25, 0.3) is 0 Å². The predicted molar refractivity (Wildman–Crippen MR) is 65.6 cm³/mol. The Balaban J connectivity index is 2.20. The minimum absolute atomic E-state index is 0.261. The first-order valence-corrected chi connectivity index (χ1v) is 5.97. The summed E-state index contributed by atoms with van der Waals surface area (Å²) in [4.78, 5) is 0. The van der Waals surface area contributed by atoms with Gasteiger partial charge in [-0.25, -0.2) is 4.58 Å². The summed E-state index contributed by atoms with van der Waals surface area (Å²) in [5.41, 5.74) is 0.540. The lowest BCUT2D eigenvalue weighted by Crippen LogP contribution is -2.41. The van der Waals surface area contributed by atoms with Crippen LogP contribution in [0.5, 0.6) is 0 Å². The van der Waals surface area contributed by atoms with Crippen LogP contribution in [-0.2, 0) is 9.31 Å². The van der Waals surface area contributed by atoms with Crippen LogP contribution in [0.25, 0.3) is 0 Å². The Labute approximate surface area is 98.3 Å². The van der Waals surface area contributed by atoms with Gasteiger partial charge >= 0.3 is 7.12 Å². The summed E-state index contributed by atoms with van der Waals surface area (Å²) in [5.74, 6) is 0. The van der Waals surface area contributed by atoms with Gasteiger partial charge in [0.15, 0.2) is 0 Å². The maximum Gasteiger partial charge on any atom is 0.566 e. The zero-order valence-corrected chi connectivity index (χ0v) is 10.7. The molecule has 1 fully saturated rings. The minimum Gasteiger partial charge on any atom is -0.395 e. The number of nitrogens with zero attached hydrogens (tertiary/aromatic N) is 1. The van der Waals surface area contributed by atoms with Crippen LogP contribution in [0.4, 0.5) is 0 Å². The average molecular weight is 222 g/mol. The van der Waals surface area contributed by atoms with Crippen molar-refractivity contribution >= 4 is 13.8 Å². The van der Waals surface area contributed by atoms with E-state index in [4.69, 9.17) is 9.31 Å². The van der Waals surface area contributed by atoms with E-state index in [1.807, 2.05) is 4.58 Å². The van der Waals surface area contributed by atoms with Crippen molar-refractivity contribution in [3.05, 3.63) is 11.7 Å². The Kier molecular flexibility index (Phi) is 2.75. The lowest BCUT2D eigenvalue weighted by molar-refractivity contribution is -0.464. The molecule has 3 nitrogen and oxygen atoms in total. The maximum atomic E-state index is 6.00. The molecule has 2 aliphatic heterocycles. The van der Waals surface area contributed by atoms with Crippen molar-refractivity contribution in [2.24, 2.45) is 0 Å². The molecule has 0 aromatic rings. The lowest BCUT2D eigenvalue weighted by atomic mass is 9.81. The minimum atomic E-state index is -0.267. The Morgan fingerprint density at radius 3 is 2.31 bits per heavy atom. The molecule has 0 N–H and O–H groups in total. The Morgan fingerprint density at radius 1 is 1.25 bits per heavy atom. The molecule has 0 aromatic heterocycles. The van der Waals surface area contributed by atoms with Gasteiger partial charge in [0, 0.05) is 6.42 Å². The van der Waals surface area contributed by atoms with E-state index in [2.05, 4.69) is 40.5 Å². The molecule has 2 aliphatic rings. The van der Waals surface area contributed by atoms with Crippen LogP contribution >= 0.6 is 0 Å². The van der Waals surface area contributed by atoms with Crippen LogP contribution in [0.1, 0.15) is 40.5 Å². The van der Waals surface area contributed by atoms with Crippen LogP contribution in [0.3, 0.4) is 0 Å². The summed E-state index contributed by atoms with van der Waals surface area (Å²) in [6.45, 7) is 13.3. The number of hydrogen-bond acceptors (Lipinski definition) is 2. The van der Waals surface area contributed by atoms with E-state index < -0.39 is 0 Å². The largest absolute Gasteiger partial charge is 0.566 e. The molecule has 0 saturated carbocycles. The van der Waals surface area contributed by atoms with E-state index in [1.54, 1.807) is 0 Å². The standard InChI is InChI=1S/C12H21BNO2/c1-11(2)12(3,4)16-13(15-11)10-8-6-7-9-14(10)5/h8H,5-7,9H2,1-4H3/q+1. The van der Waals surface area contributed by atoms with Crippen LogP contribution in [0.2, 0.25) is 0 Å². The molecule has 0 aromatic carbocycles. The van der Waals surface area contributed by atoms with E-state index in [0.717, 1.165) is 25.0 Å². The highest BCUT2D eigenvalue weighted by atomic mass is 16.7. The normalized spacial score (nSPS) is 28.1. The second-order valence-corrected chi connectivity index (χ2v) is 5.62. The van der Waals surface area contributed by atoms with Gasteiger partial charge in [0.2, 0.25) is 5.60 Å². The van der Waals surface area contributed by atoms with Gasteiger partial charge in [0.05, 0.1) is 11.2 Å². The summed E-state index contributed by atoms with van der Waals surface area (Å²) >= 11 is 0. The van der Waals surface area contributed by atoms with Crippen molar-refractivity contribution in [2.75, 3.05) is 6.54 Å². The molecule has 0 unspecified atom stereocenters. The summed E-state index contributed by atoms with van der Waals surface area (Å²) < 4.78 is 14.0. The van der Waals surface area contributed by atoms with Crippen molar-refractivity contribution in [3.63, 3.8) is 0 Å². The molecule has 2 heterocycles. The predicted octanol–water partition coefficient (Wildman–Crippen LogP) is 2.01. The summed E-state index contributed by atoms with van der Waals surface area (Å²) in [5, 5.41) is 0. The molecular weight excluding hydrogens is 201 g/mol. The molecule has 88 valence electrons. The number of rotatable bonds is 1. The molecular formula is C12H21BNO2+. The molecule has 1 saturated heterocycles. The van der Waals surface area contributed by atoms with E-state index >= 15 is 0 Å². The maximum absolute atomic E-state index is 6.00. The van der Waals surface area contributed by atoms with Crippen LogP contribution in [0, 0.1) is 0 Å². The quantitative estimate of drug-likeness (QED) is 0.500. The molecule has 0 aliphatic carbocycles. The first-order valence-electron chi connectivity index (χ1n) is 5.97. The van der Waals surface area contributed by atoms with Gasteiger partial charge in [-0.05, 0) is 40.2 Å². The average Bonchev–Trinajstić information content (AvgIpc) is 2.36. The summed E-state index contributed by atoms with van der Waals surface area (Å²) in [7, 11) is -0.261. The molecule has 0 amide bonds. The van der Waals surface area contributed by atoms with Crippen LogP contribution in [0.15, 0.2) is 11.7 Å². The van der Waals surface area contributed by atoms with Crippen molar-refractivity contribution in [2.45, 2.75) is 51.7 Å². The van der Waals surface area contributed by atoms with Gasteiger partial charge in [0.1, 0.15) is 13.3 Å². The molecule has 2 rings (SSSR count). The fourth-order valence-corrected chi connectivity index (χ4v) is 2.00. The fourth-order valence-electron chi connectivity index (χ4n) is 2.00. The molecule has 0 atom stereocenters. The third-order valence-corrected chi connectivity index (χ3v) is 3.85. The number of hydrogen-bond donors (Lipinski definition) is 0. The zero-order chi connectivity index (χ0) is 12.0. The van der Waals surface area contributed by atoms with Crippen molar-refractivity contribution < 1.29 is 13.9 Å². The Bertz CT molecular complexity index is 331. The third kappa shape index (κ3) is 1.85. The molecule has 0 bridgehead atoms. The number of allylic oxidation sites excluding steroid dienone is 1. The summed E-state index contributed by atoms with van der Waals surface area (Å²) in [6, 6.07) is 0. The van der Waals surface area contributed by atoms with E-state index in [0.29, 0.717) is 0 Å². The Hall–Kier alpha value is -0.605. The van der Waals surface area contributed by atoms with Gasteiger partial charge < -0.3 is 9.31 Å². The van der Waals surface area contributed by atoms with Gasteiger partial charge in [-0.15, -0.1) is 0 Å². The van der Waals surface area contributed by atoms with Crippen molar-refractivity contribution in [3.8, 4) is 0 Å². The third-order valence-electron chi connectivity index (χ3n) is 3.85. The molecule has 16 heavy (non-hydrogen) atoms. The highest BCUT2D eigenvalue weighted by Gasteiger charge is 2.55. The molecule has 0 radical (unpaired) electrons. The topological polar surface area (TPSA) is 21.5 Å². The van der Waals surface area contributed by atoms with Gasteiger partial charge in [-0.1, -0.05) is 0 Å². The highest BCUT2D eigenvalue weighted by molar-refractivity contribution is 6.53. The monoisotopic (exact) mass is 222 g/mol. The van der Waals surface area contributed by atoms with E-state index in [9.17, 15) is 0 Å². The SMILES string of the molecule is C=[N+]1CCCC=C1B1OC(C)(C)C(C)(C)O1. The smallest absolute Gasteiger partial charge is 0.395 e. The van der Waals surface area contributed by atoms with Crippen LogP contribution in [-0.4, -0.2) is 36.2 Å². The molecule has 4 heteroatoms. The zero-order valence-electron chi connectivity index (χ0n) is 10.7. The van der Waals surface area contributed by atoms with E-state index in [-0.39, 0.29) is 18.3 Å². The van der Waals surface area contributed by atoms with Crippen LogP contribution < -0.4 is 0 Å². The first kappa shape index (κ1) is 11.9. The second kappa shape index (κ2) is 3.71. The molecule has 0 spiro atoms. The Morgan fingerprint density at radius 2 is 1.81 bits per heavy atom. The van der Waals surface area contributed by atoms with E-state index in [1.165, 1.54) is 0 Å². The van der Waals surface area contributed by atoms with Gasteiger partial charge in [-0.3, -0.25) is 0 Å². The van der Waals surface area contributed by atoms with Gasteiger partial charge in [-0.2, -0.15) is 0 Å². The van der Waals surface area contributed by atoms with Crippen molar-refractivity contribution in [1.82, 2.24) is 0 Å². The first-order chi connectivity index (χ1) is 7.33. The second-order valence-electron chi connectivity index (χ2n) is 5.62.